The summed E-state index contributed by atoms with van der Waals surface area (Å²) in [7, 11) is 0. The standard InChI is InChI=1S/C23H21F3N2O2/c24-23(25,26)18-10-11-22(27-14-18)30-19-12-13-28(15-19)20-8-4-5-9-21(20)29-16-17-6-2-1-3-7-17/h1-11,14,19H,12-13,15-16H2. The van der Waals surface area contributed by atoms with Crippen molar-refractivity contribution < 1.29 is 22.6 Å². The first-order valence-corrected chi connectivity index (χ1v) is 9.69. The van der Waals surface area contributed by atoms with Crippen molar-refractivity contribution in [1.82, 2.24) is 4.98 Å². The van der Waals surface area contributed by atoms with Crippen LogP contribution in [0.2, 0.25) is 0 Å². The van der Waals surface area contributed by atoms with Crippen LogP contribution < -0.4 is 14.4 Å². The normalized spacial score (nSPS) is 16.5. The number of ether oxygens (including phenoxy) is 2. The molecular weight excluding hydrogens is 393 g/mol. The summed E-state index contributed by atoms with van der Waals surface area (Å²) in [5.41, 5.74) is 1.27. The van der Waals surface area contributed by atoms with Crippen molar-refractivity contribution in [2.24, 2.45) is 0 Å². The molecule has 1 atom stereocenters. The van der Waals surface area contributed by atoms with Crippen LogP contribution in [-0.2, 0) is 12.8 Å². The maximum atomic E-state index is 12.7. The maximum absolute atomic E-state index is 12.7. The Balaban J connectivity index is 1.38. The number of rotatable bonds is 6. The number of halogens is 3. The molecule has 0 aliphatic carbocycles. The van der Waals surface area contributed by atoms with E-state index in [1.807, 2.05) is 54.6 Å². The highest BCUT2D eigenvalue weighted by atomic mass is 19.4. The summed E-state index contributed by atoms with van der Waals surface area (Å²) in [5, 5.41) is 0. The lowest BCUT2D eigenvalue weighted by Gasteiger charge is -2.22. The number of aromatic nitrogens is 1. The molecule has 1 aliphatic rings. The van der Waals surface area contributed by atoms with Crippen molar-refractivity contribution >= 4 is 5.69 Å². The molecule has 1 fully saturated rings. The molecular formula is C23H21F3N2O2. The van der Waals surface area contributed by atoms with Gasteiger partial charge in [0.15, 0.2) is 0 Å². The second kappa shape index (κ2) is 8.65. The van der Waals surface area contributed by atoms with Gasteiger partial charge in [0.05, 0.1) is 17.8 Å². The van der Waals surface area contributed by atoms with Gasteiger partial charge >= 0.3 is 6.18 Å². The van der Waals surface area contributed by atoms with Crippen molar-refractivity contribution in [2.45, 2.75) is 25.3 Å². The molecule has 0 N–H and O–H groups in total. The zero-order valence-electron chi connectivity index (χ0n) is 16.2. The third-order valence-electron chi connectivity index (χ3n) is 4.94. The van der Waals surface area contributed by atoms with Gasteiger partial charge in [0, 0.05) is 25.2 Å². The van der Waals surface area contributed by atoms with Crippen LogP contribution in [0.4, 0.5) is 18.9 Å². The van der Waals surface area contributed by atoms with Crippen LogP contribution in [0.15, 0.2) is 72.9 Å². The SMILES string of the molecule is FC(F)(F)c1ccc(OC2CCN(c3ccccc3OCc3ccccc3)C2)nc1. The van der Waals surface area contributed by atoms with Gasteiger partial charge in [0.2, 0.25) is 5.88 Å². The Morgan fingerprint density at radius 3 is 2.47 bits per heavy atom. The lowest BCUT2D eigenvalue weighted by Crippen LogP contribution is -2.25. The number of pyridine rings is 1. The Kier molecular flexibility index (Phi) is 5.79. The summed E-state index contributed by atoms with van der Waals surface area (Å²) in [4.78, 5) is 5.96. The predicted molar refractivity (Wildman–Crippen MR) is 108 cm³/mol. The van der Waals surface area contributed by atoms with Crippen LogP contribution >= 0.6 is 0 Å². The third kappa shape index (κ3) is 4.84. The summed E-state index contributed by atoms with van der Waals surface area (Å²) < 4.78 is 49.9. The van der Waals surface area contributed by atoms with E-state index in [9.17, 15) is 13.2 Å². The summed E-state index contributed by atoms with van der Waals surface area (Å²) in [6.45, 7) is 1.84. The highest BCUT2D eigenvalue weighted by Gasteiger charge is 2.31. The van der Waals surface area contributed by atoms with E-state index in [0.717, 1.165) is 42.2 Å². The smallest absolute Gasteiger partial charge is 0.417 e. The first-order chi connectivity index (χ1) is 14.5. The number of para-hydroxylation sites is 2. The minimum Gasteiger partial charge on any atom is -0.487 e. The fraction of sp³-hybridized carbons (Fsp3) is 0.261. The van der Waals surface area contributed by atoms with Gasteiger partial charge in [-0.2, -0.15) is 13.2 Å². The third-order valence-corrected chi connectivity index (χ3v) is 4.94. The second-order valence-corrected chi connectivity index (χ2v) is 7.10. The fourth-order valence-electron chi connectivity index (χ4n) is 3.41. The summed E-state index contributed by atoms with van der Waals surface area (Å²) in [6, 6.07) is 20.0. The summed E-state index contributed by atoms with van der Waals surface area (Å²) in [5.74, 6) is 0.984. The van der Waals surface area contributed by atoms with Crippen LogP contribution in [0, 0.1) is 0 Å². The van der Waals surface area contributed by atoms with Gasteiger partial charge in [-0.1, -0.05) is 42.5 Å². The van der Waals surface area contributed by atoms with Crippen LogP contribution in [0.25, 0.3) is 0 Å². The molecule has 7 heteroatoms. The molecule has 0 spiro atoms. The van der Waals surface area contributed by atoms with Crippen molar-refractivity contribution in [3.8, 4) is 11.6 Å². The van der Waals surface area contributed by atoms with E-state index in [-0.39, 0.29) is 12.0 Å². The molecule has 1 aliphatic heterocycles. The molecule has 0 bridgehead atoms. The Labute approximate surface area is 172 Å². The lowest BCUT2D eigenvalue weighted by atomic mass is 10.2. The Bertz CT molecular complexity index is 962. The molecule has 1 saturated heterocycles. The van der Waals surface area contributed by atoms with E-state index in [4.69, 9.17) is 9.47 Å². The molecule has 0 radical (unpaired) electrons. The number of alkyl halides is 3. The molecule has 156 valence electrons. The molecule has 4 nitrogen and oxygen atoms in total. The summed E-state index contributed by atoms with van der Waals surface area (Å²) in [6.07, 6.45) is -3.01. The van der Waals surface area contributed by atoms with Gasteiger partial charge in [-0.3, -0.25) is 0 Å². The average Bonchev–Trinajstić information content (AvgIpc) is 3.21. The molecule has 3 aromatic rings. The minimum absolute atomic E-state index is 0.156. The largest absolute Gasteiger partial charge is 0.487 e. The number of hydrogen-bond acceptors (Lipinski definition) is 4. The number of benzene rings is 2. The Morgan fingerprint density at radius 2 is 1.73 bits per heavy atom. The Morgan fingerprint density at radius 1 is 0.967 bits per heavy atom. The Hall–Kier alpha value is -3.22. The van der Waals surface area contributed by atoms with Crippen molar-refractivity contribution in [3.05, 3.63) is 84.1 Å². The van der Waals surface area contributed by atoms with Crippen molar-refractivity contribution in [3.63, 3.8) is 0 Å². The van der Waals surface area contributed by atoms with Gasteiger partial charge in [-0.05, 0) is 23.8 Å². The molecule has 2 aromatic carbocycles. The molecule has 0 saturated carbocycles. The van der Waals surface area contributed by atoms with E-state index in [1.54, 1.807) is 0 Å². The second-order valence-electron chi connectivity index (χ2n) is 7.10. The number of nitrogens with zero attached hydrogens (tertiary/aromatic N) is 2. The van der Waals surface area contributed by atoms with Crippen LogP contribution in [0.3, 0.4) is 0 Å². The van der Waals surface area contributed by atoms with E-state index >= 15 is 0 Å². The average molecular weight is 414 g/mol. The molecule has 0 amide bonds. The van der Waals surface area contributed by atoms with Crippen LogP contribution in [-0.4, -0.2) is 24.2 Å². The zero-order chi connectivity index (χ0) is 21.0. The van der Waals surface area contributed by atoms with Gasteiger partial charge in [0.25, 0.3) is 0 Å². The monoisotopic (exact) mass is 414 g/mol. The maximum Gasteiger partial charge on any atom is 0.417 e. The lowest BCUT2D eigenvalue weighted by molar-refractivity contribution is -0.137. The minimum atomic E-state index is -4.40. The predicted octanol–water partition coefficient (Wildman–Crippen LogP) is 5.34. The highest BCUT2D eigenvalue weighted by Crippen LogP contribution is 2.33. The van der Waals surface area contributed by atoms with E-state index in [2.05, 4.69) is 9.88 Å². The highest BCUT2D eigenvalue weighted by molar-refractivity contribution is 5.59. The van der Waals surface area contributed by atoms with Crippen LogP contribution in [0.5, 0.6) is 11.6 Å². The van der Waals surface area contributed by atoms with Crippen molar-refractivity contribution in [2.75, 3.05) is 18.0 Å². The van der Waals surface area contributed by atoms with Gasteiger partial charge in [0.1, 0.15) is 18.5 Å². The van der Waals surface area contributed by atoms with E-state index in [0.29, 0.717) is 13.2 Å². The zero-order valence-corrected chi connectivity index (χ0v) is 16.2. The molecule has 1 unspecified atom stereocenters. The summed E-state index contributed by atoms with van der Waals surface area (Å²) >= 11 is 0. The number of anilines is 1. The topological polar surface area (TPSA) is 34.6 Å². The molecule has 30 heavy (non-hydrogen) atoms. The molecule has 2 heterocycles. The van der Waals surface area contributed by atoms with E-state index in [1.165, 1.54) is 6.07 Å². The molecule has 4 rings (SSSR count). The van der Waals surface area contributed by atoms with Crippen LogP contribution in [0.1, 0.15) is 17.5 Å². The van der Waals surface area contributed by atoms with E-state index < -0.39 is 11.7 Å². The first kappa shape index (κ1) is 20.1. The fourth-order valence-corrected chi connectivity index (χ4v) is 3.41. The van der Waals surface area contributed by atoms with Gasteiger partial charge in [-0.15, -0.1) is 0 Å². The van der Waals surface area contributed by atoms with Crippen molar-refractivity contribution in [1.29, 1.82) is 0 Å². The van der Waals surface area contributed by atoms with Gasteiger partial charge < -0.3 is 14.4 Å². The molecule has 1 aromatic heterocycles. The first-order valence-electron chi connectivity index (χ1n) is 9.69. The quantitative estimate of drug-likeness (QED) is 0.546. The van der Waals surface area contributed by atoms with Gasteiger partial charge in [-0.25, -0.2) is 4.98 Å². The number of hydrogen-bond donors (Lipinski definition) is 0.